The molecule has 3 aromatic carbocycles. The molecule has 0 amide bonds. The van der Waals surface area contributed by atoms with Crippen molar-refractivity contribution in [3.8, 4) is 5.75 Å². The summed E-state index contributed by atoms with van der Waals surface area (Å²) in [6.07, 6.45) is 7.01. The molecule has 2 heterocycles. The highest BCUT2D eigenvalue weighted by atomic mass is 19.1. The molecule has 0 bridgehead atoms. The van der Waals surface area contributed by atoms with E-state index in [-0.39, 0.29) is 5.82 Å². The van der Waals surface area contributed by atoms with E-state index in [4.69, 9.17) is 9.15 Å². The molecular formula is C30H28FN3O2. The SMILES string of the molecule is COc1ccc2c(c1)CCN(c1ccc(F)cc1)C2(C)c1ccc(/C=C/c2nnc(C3CC3)o2)cc1. The maximum absolute atomic E-state index is 13.7. The first-order chi connectivity index (χ1) is 17.5. The second-order valence-electron chi connectivity index (χ2n) is 9.68. The number of hydrogen-bond acceptors (Lipinski definition) is 5. The predicted molar refractivity (Wildman–Crippen MR) is 139 cm³/mol. The van der Waals surface area contributed by atoms with Gasteiger partial charge in [-0.15, -0.1) is 10.2 Å². The van der Waals surface area contributed by atoms with Gasteiger partial charge in [-0.25, -0.2) is 4.39 Å². The highest BCUT2D eigenvalue weighted by molar-refractivity contribution is 5.67. The predicted octanol–water partition coefficient (Wildman–Crippen LogP) is 6.59. The van der Waals surface area contributed by atoms with Gasteiger partial charge >= 0.3 is 0 Å². The number of rotatable bonds is 6. The van der Waals surface area contributed by atoms with Gasteiger partial charge in [0.1, 0.15) is 11.6 Å². The summed E-state index contributed by atoms with van der Waals surface area (Å²) >= 11 is 0. The van der Waals surface area contributed by atoms with Crippen molar-refractivity contribution in [2.75, 3.05) is 18.6 Å². The zero-order valence-electron chi connectivity index (χ0n) is 20.4. The number of fused-ring (bicyclic) bond motifs is 1. The number of nitrogens with zero attached hydrogens (tertiary/aromatic N) is 3. The Labute approximate surface area is 210 Å². The van der Waals surface area contributed by atoms with E-state index in [9.17, 15) is 4.39 Å². The van der Waals surface area contributed by atoms with Crippen molar-refractivity contribution >= 4 is 17.8 Å². The molecule has 4 aromatic rings. The third-order valence-electron chi connectivity index (χ3n) is 7.39. The highest BCUT2D eigenvalue weighted by Crippen LogP contribution is 2.44. The Balaban J connectivity index is 1.35. The molecular weight excluding hydrogens is 453 g/mol. The summed E-state index contributed by atoms with van der Waals surface area (Å²) in [6.45, 7) is 3.05. The molecule has 0 N–H and O–H groups in total. The van der Waals surface area contributed by atoms with Crippen LogP contribution >= 0.6 is 0 Å². The van der Waals surface area contributed by atoms with Gasteiger partial charge in [-0.3, -0.25) is 0 Å². The molecule has 5 nitrogen and oxygen atoms in total. The minimum atomic E-state index is -0.439. The minimum absolute atomic E-state index is 0.232. The van der Waals surface area contributed by atoms with E-state index in [1.54, 1.807) is 7.11 Å². The van der Waals surface area contributed by atoms with Crippen LogP contribution < -0.4 is 9.64 Å². The first-order valence-corrected chi connectivity index (χ1v) is 12.4. The molecule has 1 aliphatic heterocycles. The summed E-state index contributed by atoms with van der Waals surface area (Å²) in [5.74, 6) is 2.35. The molecule has 6 heteroatoms. The van der Waals surface area contributed by atoms with Crippen LogP contribution in [0.25, 0.3) is 12.2 Å². The van der Waals surface area contributed by atoms with E-state index < -0.39 is 5.54 Å². The maximum Gasteiger partial charge on any atom is 0.240 e. The zero-order chi connectivity index (χ0) is 24.7. The van der Waals surface area contributed by atoms with Gasteiger partial charge in [-0.1, -0.05) is 30.3 Å². The Morgan fingerprint density at radius 3 is 2.50 bits per heavy atom. The number of methoxy groups -OCH3 is 1. The van der Waals surface area contributed by atoms with E-state index in [1.165, 1.54) is 23.3 Å². The van der Waals surface area contributed by atoms with Crippen molar-refractivity contribution < 1.29 is 13.5 Å². The van der Waals surface area contributed by atoms with Gasteiger partial charge in [-0.05, 0) is 90.9 Å². The van der Waals surface area contributed by atoms with Gasteiger partial charge < -0.3 is 14.1 Å². The molecule has 0 radical (unpaired) electrons. The summed E-state index contributed by atoms with van der Waals surface area (Å²) < 4.78 is 25.0. The van der Waals surface area contributed by atoms with Crippen LogP contribution in [0.15, 0.2) is 71.1 Å². The van der Waals surface area contributed by atoms with Crippen LogP contribution in [0, 0.1) is 5.82 Å². The third kappa shape index (κ3) is 4.06. The molecule has 1 aliphatic carbocycles. The van der Waals surface area contributed by atoms with Gasteiger partial charge in [-0.2, -0.15) is 0 Å². The molecule has 2 aliphatic rings. The average Bonchev–Trinajstić information content (AvgIpc) is 3.66. The number of aromatic nitrogens is 2. The van der Waals surface area contributed by atoms with E-state index in [0.717, 1.165) is 54.3 Å². The fourth-order valence-corrected chi connectivity index (χ4v) is 5.20. The topological polar surface area (TPSA) is 51.4 Å². The van der Waals surface area contributed by atoms with Gasteiger partial charge in [0.05, 0.1) is 12.6 Å². The summed E-state index contributed by atoms with van der Waals surface area (Å²) in [7, 11) is 1.70. The monoisotopic (exact) mass is 481 g/mol. The summed E-state index contributed by atoms with van der Waals surface area (Å²) in [5.41, 5.74) is 5.25. The van der Waals surface area contributed by atoms with Crippen molar-refractivity contribution in [3.05, 3.63) is 107 Å². The van der Waals surface area contributed by atoms with E-state index in [2.05, 4.69) is 58.4 Å². The van der Waals surface area contributed by atoms with Gasteiger partial charge in [0.2, 0.25) is 11.8 Å². The summed E-state index contributed by atoms with van der Waals surface area (Å²) in [5, 5.41) is 8.28. The lowest BCUT2D eigenvalue weighted by atomic mass is 9.76. The molecule has 0 spiro atoms. The summed E-state index contributed by atoms with van der Waals surface area (Å²) in [6, 6.07) is 21.6. The average molecular weight is 482 g/mol. The molecule has 1 atom stereocenters. The zero-order valence-corrected chi connectivity index (χ0v) is 20.4. The number of halogens is 1. The van der Waals surface area contributed by atoms with Crippen LogP contribution in [0.1, 0.15) is 59.7 Å². The Morgan fingerprint density at radius 2 is 1.78 bits per heavy atom. The van der Waals surface area contributed by atoms with Crippen molar-refractivity contribution in [1.29, 1.82) is 0 Å². The molecule has 1 saturated carbocycles. The normalized spacial score (nSPS) is 19.5. The lowest BCUT2D eigenvalue weighted by molar-refractivity contribution is 0.411. The van der Waals surface area contributed by atoms with Gasteiger partial charge in [0.15, 0.2) is 0 Å². The lowest BCUT2D eigenvalue weighted by Gasteiger charge is -2.48. The van der Waals surface area contributed by atoms with Crippen molar-refractivity contribution in [1.82, 2.24) is 10.2 Å². The molecule has 0 saturated heterocycles. The molecule has 182 valence electrons. The Hall–Kier alpha value is -3.93. The molecule has 36 heavy (non-hydrogen) atoms. The van der Waals surface area contributed by atoms with Crippen LogP contribution in [-0.4, -0.2) is 23.9 Å². The quantitative estimate of drug-likeness (QED) is 0.311. The van der Waals surface area contributed by atoms with Crippen LogP contribution in [0.4, 0.5) is 10.1 Å². The Morgan fingerprint density at radius 1 is 1.00 bits per heavy atom. The van der Waals surface area contributed by atoms with Crippen LogP contribution in [-0.2, 0) is 12.0 Å². The van der Waals surface area contributed by atoms with E-state index in [1.807, 2.05) is 30.4 Å². The van der Waals surface area contributed by atoms with Crippen LogP contribution in [0.5, 0.6) is 5.75 Å². The molecule has 1 aromatic heterocycles. The van der Waals surface area contributed by atoms with Crippen molar-refractivity contribution in [3.63, 3.8) is 0 Å². The largest absolute Gasteiger partial charge is 0.497 e. The fraction of sp³-hybridized carbons (Fsp3) is 0.267. The highest BCUT2D eigenvalue weighted by Gasteiger charge is 2.40. The maximum atomic E-state index is 13.7. The molecule has 1 unspecified atom stereocenters. The Bertz CT molecular complexity index is 1410. The number of anilines is 1. The molecule has 6 rings (SSSR count). The van der Waals surface area contributed by atoms with Gasteiger partial charge in [0, 0.05) is 24.2 Å². The Kier molecular flexibility index (Phi) is 5.59. The number of hydrogen-bond donors (Lipinski definition) is 0. The lowest BCUT2D eigenvalue weighted by Crippen LogP contribution is -2.49. The van der Waals surface area contributed by atoms with E-state index in [0.29, 0.717) is 11.8 Å². The summed E-state index contributed by atoms with van der Waals surface area (Å²) in [4.78, 5) is 2.37. The second-order valence-corrected chi connectivity index (χ2v) is 9.68. The standard InChI is InChI=1S/C30H28FN3O2/c1-30(23-8-3-20(4-9-23)5-16-28-32-33-29(36-28)21-6-7-21)27-15-14-26(35-2)19-22(27)17-18-34(30)25-12-10-24(31)11-13-25/h3-5,8-16,19,21H,6-7,17-18H2,1-2H3/b16-5+. The third-order valence-corrected chi connectivity index (χ3v) is 7.39. The first-order valence-electron chi connectivity index (χ1n) is 12.4. The number of benzene rings is 3. The smallest absolute Gasteiger partial charge is 0.240 e. The van der Waals surface area contributed by atoms with Crippen molar-refractivity contribution in [2.45, 2.75) is 37.6 Å². The van der Waals surface area contributed by atoms with Crippen molar-refractivity contribution in [2.24, 2.45) is 0 Å². The first kappa shape index (κ1) is 22.5. The second kappa shape index (κ2) is 8.94. The molecule has 1 fully saturated rings. The fourth-order valence-electron chi connectivity index (χ4n) is 5.20. The van der Waals surface area contributed by atoms with E-state index >= 15 is 0 Å². The minimum Gasteiger partial charge on any atom is -0.497 e. The van der Waals surface area contributed by atoms with Gasteiger partial charge in [0.25, 0.3) is 0 Å². The van der Waals surface area contributed by atoms with Crippen LogP contribution in [0.3, 0.4) is 0 Å². The van der Waals surface area contributed by atoms with Crippen LogP contribution in [0.2, 0.25) is 0 Å². The number of ether oxygens (including phenoxy) is 1.